The van der Waals surface area contributed by atoms with E-state index >= 15 is 0 Å². The van der Waals surface area contributed by atoms with Crippen molar-refractivity contribution in [3.63, 3.8) is 0 Å². The monoisotopic (exact) mass is 245 g/mol. The SMILES string of the molecule is CC(=O)c1c(C)cccc1NC(=O)C(F)(F)F. The predicted octanol–water partition coefficient (Wildman–Crippen LogP) is 2.70. The van der Waals surface area contributed by atoms with E-state index in [0.29, 0.717) is 5.56 Å². The molecule has 0 radical (unpaired) electrons. The van der Waals surface area contributed by atoms with Gasteiger partial charge in [0, 0.05) is 5.56 Å². The van der Waals surface area contributed by atoms with Crippen LogP contribution in [0, 0.1) is 6.92 Å². The molecule has 0 saturated heterocycles. The van der Waals surface area contributed by atoms with E-state index in [4.69, 9.17) is 0 Å². The number of aryl methyl sites for hydroxylation is 1. The summed E-state index contributed by atoms with van der Waals surface area (Å²) in [5.74, 6) is -2.49. The second-order valence-corrected chi connectivity index (χ2v) is 3.51. The molecule has 0 aliphatic heterocycles. The van der Waals surface area contributed by atoms with E-state index in [2.05, 4.69) is 0 Å². The summed E-state index contributed by atoms with van der Waals surface area (Å²) in [6.45, 7) is 2.81. The van der Waals surface area contributed by atoms with Gasteiger partial charge in [0.05, 0.1) is 5.69 Å². The highest BCUT2D eigenvalue weighted by atomic mass is 19.4. The van der Waals surface area contributed by atoms with E-state index in [9.17, 15) is 22.8 Å². The number of benzene rings is 1. The fourth-order valence-corrected chi connectivity index (χ4v) is 1.43. The minimum Gasteiger partial charge on any atom is -0.318 e. The number of nitrogens with one attached hydrogen (secondary N) is 1. The van der Waals surface area contributed by atoms with Gasteiger partial charge in [0.2, 0.25) is 0 Å². The Morgan fingerprint density at radius 2 is 1.82 bits per heavy atom. The molecule has 1 aromatic rings. The molecule has 1 rings (SSSR count). The molecule has 92 valence electrons. The summed E-state index contributed by atoms with van der Waals surface area (Å²) in [4.78, 5) is 22.1. The second kappa shape index (κ2) is 4.57. The molecule has 0 aromatic heterocycles. The number of carbonyl (C=O) groups excluding carboxylic acids is 2. The van der Waals surface area contributed by atoms with Gasteiger partial charge in [-0.2, -0.15) is 13.2 Å². The normalized spacial score (nSPS) is 11.1. The Hall–Kier alpha value is -1.85. The average molecular weight is 245 g/mol. The summed E-state index contributed by atoms with van der Waals surface area (Å²) in [6, 6.07) is 4.31. The van der Waals surface area contributed by atoms with Gasteiger partial charge in [-0.25, -0.2) is 0 Å². The topological polar surface area (TPSA) is 46.2 Å². The Morgan fingerprint density at radius 3 is 2.29 bits per heavy atom. The van der Waals surface area contributed by atoms with Crippen molar-refractivity contribution in [3.05, 3.63) is 29.3 Å². The minimum atomic E-state index is -4.97. The van der Waals surface area contributed by atoms with Crippen molar-refractivity contribution in [1.29, 1.82) is 0 Å². The van der Waals surface area contributed by atoms with E-state index in [1.54, 1.807) is 18.3 Å². The van der Waals surface area contributed by atoms with Gasteiger partial charge in [-0.1, -0.05) is 12.1 Å². The molecule has 3 nitrogen and oxygen atoms in total. The number of ketones is 1. The Labute approximate surface area is 95.6 Å². The molecule has 0 aliphatic rings. The Kier molecular flexibility index (Phi) is 3.55. The fraction of sp³-hybridized carbons (Fsp3) is 0.273. The van der Waals surface area contributed by atoms with Crippen LogP contribution in [-0.2, 0) is 4.79 Å². The summed E-state index contributed by atoms with van der Waals surface area (Å²) >= 11 is 0. The van der Waals surface area contributed by atoms with E-state index in [-0.39, 0.29) is 11.3 Å². The molecular weight excluding hydrogens is 235 g/mol. The van der Waals surface area contributed by atoms with Crippen LogP contribution >= 0.6 is 0 Å². The number of alkyl halides is 3. The quantitative estimate of drug-likeness (QED) is 0.814. The summed E-state index contributed by atoms with van der Waals surface area (Å²) in [5, 5.41) is 1.69. The molecule has 1 amide bonds. The lowest BCUT2D eigenvalue weighted by Gasteiger charge is -2.12. The third-order valence-corrected chi connectivity index (χ3v) is 2.13. The van der Waals surface area contributed by atoms with Gasteiger partial charge in [0.1, 0.15) is 0 Å². The predicted molar refractivity (Wildman–Crippen MR) is 55.9 cm³/mol. The zero-order chi connectivity index (χ0) is 13.2. The molecule has 0 saturated carbocycles. The van der Waals surface area contributed by atoms with E-state index in [1.165, 1.54) is 19.1 Å². The molecule has 0 heterocycles. The lowest BCUT2D eigenvalue weighted by atomic mass is 10.0. The highest BCUT2D eigenvalue weighted by Gasteiger charge is 2.39. The highest BCUT2D eigenvalue weighted by Crippen LogP contribution is 2.23. The van der Waals surface area contributed by atoms with E-state index < -0.39 is 17.9 Å². The van der Waals surface area contributed by atoms with E-state index in [1.807, 2.05) is 0 Å². The van der Waals surface area contributed by atoms with Crippen molar-refractivity contribution in [1.82, 2.24) is 0 Å². The maximum absolute atomic E-state index is 12.1. The van der Waals surface area contributed by atoms with Crippen LogP contribution in [0.1, 0.15) is 22.8 Å². The van der Waals surface area contributed by atoms with Crippen LogP contribution in [0.4, 0.5) is 18.9 Å². The van der Waals surface area contributed by atoms with Crippen molar-refractivity contribution >= 4 is 17.4 Å². The van der Waals surface area contributed by atoms with Gasteiger partial charge in [-0.15, -0.1) is 0 Å². The van der Waals surface area contributed by atoms with Crippen LogP contribution in [0.3, 0.4) is 0 Å². The molecule has 1 aromatic carbocycles. The van der Waals surface area contributed by atoms with Crippen LogP contribution in [-0.4, -0.2) is 17.9 Å². The molecular formula is C11H10F3NO2. The molecule has 0 bridgehead atoms. The van der Waals surface area contributed by atoms with Crippen LogP contribution in [0.25, 0.3) is 0 Å². The molecule has 1 N–H and O–H groups in total. The van der Waals surface area contributed by atoms with Crippen molar-refractivity contribution in [2.75, 3.05) is 5.32 Å². The summed E-state index contributed by atoms with van der Waals surface area (Å²) in [7, 11) is 0. The number of hydrogen-bond acceptors (Lipinski definition) is 2. The summed E-state index contributed by atoms with van der Waals surface area (Å²) in [6.07, 6.45) is -4.97. The van der Waals surface area contributed by atoms with Crippen LogP contribution < -0.4 is 5.32 Å². The first-order valence-corrected chi connectivity index (χ1v) is 4.72. The number of Topliss-reactive ketones (excluding diaryl/α,β-unsaturated/α-hetero) is 1. The molecule has 6 heteroatoms. The van der Waals surface area contributed by atoms with Crippen molar-refractivity contribution in [3.8, 4) is 0 Å². The number of rotatable bonds is 2. The van der Waals surface area contributed by atoms with Gasteiger partial charge in [-0.3, -0.25) is 9.59 Å². The van der Waals surface area contributed by atoms with Crippen molar-refractivity contribution in [2.45, 2.75) is 20.0 Å². The first-order valence-electron chi connectivity index (χ1n) is 4.72. The third kappa shape index (κ3) is 3.05. The lowest BCUT2D eigenvalue weighted by Crippen LogP contribution is -2.30. The molecule has 0 fully saturated rings. The Morgan fingerprint density at radius 1 is 1.24 bits per heavy atom. The summed E-state index contributed by atoms with van der Waals surface area (Å²) < 4.78 is 36.2. The fourth-order valence-electron chi connectivity index (χ4n) is 1.43. The molecule has 0 atom stereocenters. The number of amides is 1. The maximum Gasteiger partial charge on any atom is 0.471 e. The first kappa shape index (κ1) is 13.2. The maximum atomic E-state index is 12.1. The standard InChI is InChI=1S/C11H10F3NO2/c1-6-4-3-5-8(9(6)7(2)16)15-10(17)11(12,13)14/h3-5H,1-2H3,(H,15,17). The number of halogens is 3. The molecule has 0 unspecified atom stereocenters. The summed E-state index contributed by atoms with van der Waals surface area (Å²) in [5.41, 5.74) is 0.474. The van der Waals surface area contributed by atoms with Gasteiger partial charge in [0.15, 0.2) is 5.78 Å². The van der Waals surface area contributed by atoms with Gasteiger partial charge in [-0.05, 0) is 25.5 Å². The second-order valence-electron chi connectivity index (χ2n) is 3.51. The Bertz CT molecular complexity index is 466. The first-order chi connectivity index (χ1) is 7.73. The third-order valence-electron chi connectivity index (χ3n) is 2.13. The van der Waals surface area contributed by atoms with Crippen LogP contribution in [0.5, 0.6) is 0 Å². The molecule has 0 spiro atoms. The largest absolute Gasteiger partial charge is 0.471 e. The number of hydrogen-bond donors (Lipinski definition) is 1. The average Bonchev–Trinajstić information content (AvgIpc) is 2.15. The van der Waals surface area contributed by atoms with Crippen molar-refractivity contribution < 1.29 is 22.8 Å². The van der Waals surface area contributed by atoms with Gasteiger partial charge in [0.25, 0.3) is 0 Å². The molecule has 17 heavy (non-hydrogen) atoms. The van der Waals surface area contributed by atoms with Crippen molar-refractivity contribution in [2.24, 2.45) is 0 Å². The minimum absolute atomic E-state index is 0.0881. The highest BCUT2D eigenvalue weighted by molar-refractivity contribution is 6.05. The van der Waals surface area contributed by atoms with Crippen LogP contribution in [0.15, 0.2) is 18.2 Å². The zero-order valence-corrected chi connectivity index (χ0v) is 9.18. The van der Waals surface area contributed by atoms with Gasteiger partial charge >= 0.3 is 12.1 Å². The number of carbonyl (C=O) groups is 2. The zero-order valence-electron chi connectivity index (χ0n) is 9.18. The Balaban J connectivity index is 3.12. The van der Waals surface area contributed by atoms with Crippen LogP contribution in [0.2, 0.25) is 0 Å². The molecule has 0 aliphatic carbocycles. The lowest BCUT2D eigenvalue weighted by molar-refractivity contribution is -0.167. The van der Waals surface area contributed by atoms with E-state index in [0.717, 1.165) is 0 Å². The number of anilines is 1. The van der Waals surface area contributed by atoms with Gasteiger partial charge < -0.3 is 5.32 Å². The smallest absolute Gasteiger partial charge is 0.318 e.